The molecule has 0 radical (unpaired) electrons. The van der Waals surface area contributed by atoms with Gasteiger partial charge in [0.15, 0.2) is 0 Å². The number of rotatable bonds is 13. The summed E-state index contributed by atoms with van der Waals surface area (Å²) in [4.78, 5) is 29.0. The quantitative estimate of drug-likeness (QED) is 0.215. The first kappa shape index (κ1) is 31.2. The molecule has 0 aliphatic rings. The molecule has 0 saturated heterocycles. The third-order valence-electron chi connectivity index (χ3n) is 6.54. The average molecular weight is 586 g/mol. The molecule has 40 heavy (non-hydrogen) atoms. The Hall–Kier alpha value is -3.37. The maximum absolute atomic E-state index is 14.6. The summed E-state index contributed by atoms with van der Waals surface area (Å²) < 4.78 is 43.4. The van der Waals surface area contributed by atoms with Crippen LogP contribution in [0.15, 0.2) is 82.6 Å². The summed E-state index contributed by atoms with van der Waals surface area (Å²) in [5.74, 6) is -1.54. The van der Waals surface area contributed by atoms with E-state index in [1.165, 1.54) is 34.9 Å². The maximum Gasteiger partial charge on any atom is 0.264 e. The van der Waals surface area contributed by atoms with Crippen molar-refractivity contribution in [3.8, 4) is 0 Å². The first-order valence-electron chi connectivity index (χ1n) is 13.1. The van der Waals surface area contributed by atoms with Gasteiger partial charge in [-0.1, -0.05) is 49.2 Å². The fourth-order valence-corrected chi connectivity index (χ4v) is 5.87. The summed E-state index contributed by atoms with van der Waals surface area (Å²) in [6.07, 6.45) is 3.55. The van der Waals surface area contributed by atoms with Crippen LogP contribution in [0.4, 0.5) is 10.1 Å². The molecule has 7 nitrogen and oxygen atoms in total. The van der Waals surface area contributed by atoms with Gasteiger partial charge in [-0.05, 0) is 69.0 Å². The van der Waals surface area contributed by atoms with Crippen molar-refractivity contribution in [1.29, 1.82) is 0 Å². The van der Waals surface area contributed by atoms with Crippen molar-refractivity contribution in [2.24, 2.45) is 0 Å². The van der Waals surface area contributed by atoms with Gasteiger partial charge in [-0.15, -0.1) is 11.8 Å². The lowest BCUT2D eigenvalue weighted by molar-refractivity contribution is -0.139. The number of hydrogen-bond donors (Lipinski definition) is 1. The van der Waals surface area contributed by atoms with Crippen molar-refractivity contribution >= 4 is 39.3 Å². The van der Waals surface area contributed by atoms with Gasteiger partial charge in [-0.3, -0.25) is 13.9 Å². The predicted molar refractivity (Wildman–Crippen MR) is 158 cm³/mol. The number of carbonyl (C=O) groups is 2. The fraction of sp³-hybridized carbons (Fsp3) is 0.333. The van der Waals surface area contributed by atoms with E-state index in [1.807, 2.05) is 20.1 Å². The zero-order valence-corrected chi connectivity index (χ0v) is 24.9. The van der Waals surface area contributed by atoms with Gasteiger partial charge in [0.1, 0.15) is 18.4 Å². The minimum Gasteiger partial charge on any atom is -0.354 e. The highest BCUT2D eigenvalue weighted by Gasteiger charge is 2.32. The first-order valence-corrected chi connectivity index (χ1v) is 15.8. The summed E-state index contributed by atoms with van der Waals surface area (Å²) >= 11 is 1.49. The summed E-state index contributed by atoms with van der Waals surface area (Å²) in [6, 6.07) is 18.3. The number of sulfonamides is 1. The van der Waals surface area contributed by atoms with Crippen LogP contribution in [0.25, 0.3) is 0 Å². The molecule has 214 valence electrons. The third-order valence-corrected chi connectivity index (χ3v) is 9.08. The number of hydrogen-bond acceptors (Lipinski definition) is 5. The van der Waals surface area contributed by atoms with E-state index in [0.29, 0.717) is 12.2 Å². The molecule has 1 atom stereocenters. The highest BCUT2D eigenvalue weighted by Crippen LogP contribution is 2.26. The molecule has 0 bridgehead atoms. The molecule has 3 aromatic rings. The number of amides is 2. The molecule has 0 fully saturated rings. The Labute approximate surface area is 240 Å². The van der Waals surface area contributed by atoms with Crippen LogP contribution >= 0.6 is 11.8 Å². The molecule has 0 heterocycles. The topological polar surface area (TPSA) is 86.8 Å². The molecule has 3 aromatic carbocycles. The molecule has 1 N–H and O–H groups in total. The zero-order chi connectivity index (χ0) is 29.3. The van der Waals surface area contributed by atoms with Crippen molar-refractivity contribution < 1.29 is 22.4 Å². The van der Waals surface area contributed by atoms with Crippen molar-refractivity contribution in [3.05, 3.63) is 89.7 Å². The van der Waals surface area contributed by atoms with Crippen LogP contribution in [0.1, 0.15) is 37.8 Å². The predicted octanol–water partition coefficient (Wildman–Crippen LogP) is 5.38. The van der Waals surface area contributed by atoms with Crippen molar-refractivity contribution in [1.82, 2.24) is 10.2 Å². The van der Waals surface area contributed by atoms with E-state index >= 15 is 0 Å². The lowest BCUT2D eigenvalue weighted by Gasteiger charge is -2.32. The molecular formula is C30H36FN3O4S2. The first-order chi connectivity index (χ1) is 19.1. The van der Waals surface area contributed by atoms with Gasteiger partial charge in [0, 0.05) is 23.5 Å². The second kappa shape index (κ2) is 14.3. The standard InChI is InChI=1S/C30H36FN3O4S2/c1-5-6-19-32-30(36)23(3)33(20-24-9-7-8-10-28(24)31)29(35)21-34(25-13-11-22(2)12-14-25)40(37,38)27-17-15-26(39-4)16-18-27/h7-18,23H,5-6,19-21H2,1-4H3,(H,32,36)/t23-/m1/s1. The summed E-state index contributed by atoms with van der Waals surface area (Å²) in [7, 11) is -4.16. The van der Waals surface area contributed by atoms with Crippen LogP contribution in [-0.4, -0.2) is 50.5 Å². The lowest BCUT2D eigenvalue weighted by atomic mass is 10.1. The van der Waals surface area contributed by atoms with Gasteiger partial charge < -0.3 is 10.2 Å². The molecular weight excluding hydrogens is 549 g/mol. The van der Waals surface area contributed by atoms with Gasteiger partial charge in [-0.25, -0.2) is 12.8 Å². The second-order valence-electron chi connectivity index (χ2n) is 9.46. The van der Waals surface area contributed by atoms with Crippen LogP contribution in [-0.2, 0) is 26.2 Å². The molecule has 0 aromatic heterocycles. The molecule has 0 saturated carbocycles. The Morgan fingerprint density at radius 3 is 2.25 bits per heavy atom. The lowest BCUT2D eigenvalue weighted by Crippen LogP contribution is -2.51. The van der Waals surface area contributed by atoms with E-state index in [9.17, 15) is 22.4 Å². The maximum atomic E-state index is 14.6. The van der Waals surface area contributed by atoms with Gasteiger partial charge in [-0.2, -0.15) is 0 Å². The number of unbranched alkanes of at least 4 members (excludes halogenated alkanes) is 1. The molecule has 0 aliphatic heterocycles. The van der Waals surface area contributed by atoms with E-state index in [2.05, 4.69) is 5.32 Å². The Bertz CT molecular complexity index is 1400. The Kier molecular flexibility index (Phi) is 11.2. The number of nitrogens with zero attached hydrogens (tertiary/aromatic N) is 2. The minimum atomic E-state index is -4.16. The van der Waals surface area contributed by atoms with Gasteiger partial charge in [0.2, 0.25) is 11.8 Å². The second-order valence-corrected chi connectivity index (χ2v) is 12.2. The minimum absolute atomic E-state index is 0.0321. The van der Waals surface area contributed by atoms with Crippen molar-refractivity contribution in [2.75, 3.05) is 23.7 Å². The van der Waals surface area contributed by atoms with E-state index < -0.39 is 40.2 Å². The van der Waals surface area contributed by atoms with Crippen LogP contribution in [0.3, 0.4) is 0 Å². The number of carbonyl (C=O) groups excluding carboxylic acids is 2. The summed E-state index contributed by atoms with van der Waals surface area (Å²) in [5, 5.41) is 2.82. The van der Waals surface area contributed by atoms with E-state index in [-0.39, 0.29) is 17.0 Å². The largest absolute Gasteiger partial charge is 0.354 e. The molecule has 2 amide bonds. The van der Waals surface area contributed by atoms with Gasteiger partial charge in [0.05, 0.1) is 10.6 Å². The smallest absolute Gasteiger partial charge is 0.264 e. The van der Waals surface area contributed by atoms with E-state index in [4.69, 9.17) is 0 Å². The number of halogens is 1. The highest BCUT2D eigenvalue weighted by molar-refractivity contribution is 7.98. The number of nitrogens with one attached hydrogen (secondary N) is 1. The van der Waals surface area contributed by atoms with Crippen LogP contribution < -0.4 is 9.62 Å². The molecule has 0 spiro atoms. The van der Waals surface area contributed by atoms with E-state index in [1.54, 1.807) is 61.5 Å². The molecule has 0 unspecified atom stereocenters. The number of thioether (sulfide) groups is 1. The van der Waals surface area contributed by atoms with Gasteiger partial charge >= 0.3 is 0 Å². The monoisotopic (exact) mass is 585 g/mol. The van der Waals surface area contributed by atoms with Crippen LogP contribution in [0.2, 0.25) is 0 Å². The van der Waals surface area contributed by atoms with Crippen LogP contribution in [0, 0.1) is 12.7 Å². The van der Waals surface area contributed by atoms with Gasteiger partial charge in [0.25, 0.3) is 10.0 Å². The summed E-state index contributed by atoms with van der Waals surface area (Å²) in [6.45, 7) is 5.11. The fourth-order valence-electron chi connectivity index (χ4n) is 4.04. The summed E-state index contributed by atoms with van der Waals surface area (Å²) in [5.41, 5.74) is 1.45. The Balaban J connectivity index is 2.00. The SMILES string of the molecule is CCCCNC(=O)[C@@H](C)N(Cc1ccccc1F)C(=O)CN(c1ccc(C)cc1)S(=O)(=O)c1ccc(SC)cc1. The van der Waals surface area contributed by atoms with E-state index in [0.717, 1.165) is 27.6 Å². The number of benzene rings is 3. The third kappa shape index (κ3) is 7.85. The Morgan fingerprint density at radius 2 is 1.65 bits per heavy atom. The number of anilines is 1. The highest BCUT2D eigenvalue weighted by atomic mass is 32.2. The normalized spacial score (nSPS) is 12.0. The van der Waals surface area contributed by atoms with Crippen molar-refractivity contribution in [2.45, 2.75) is 56.0 Å². The number of aryl methyl sites for hydroxylation is 1. The average Bonchev–Trinajstić information content (AvgIpc) is 2.95. The van der Waals surface area contributed by atoms with Crippen LogP contribution in [0.5, 0.6) is 0 Å². The molecule has 3 rings (SSSR count). The van der Waals surface area contributed by atoms with Crippen molar-refractivity contribution in [3.63, 3.8) is 0 Å². The zero-order valence-electron chi connectivity index (χ0n) is 23.3. The molecule has 0 aliphatic carbocycles. The Morgan fingerprint density at radius 1 is 1.00 bits per heavy atom. The molecule has 10 heteroatoms.